The third-order valence-electron chi connectivity index (χ3n) is 5.02. The number of hydrogen-bond acceptors (Lipinski definition) is 7. The van der Waals surface area contributed by atoms with E-state index in [1.807, 2.05) is 19.1 Å². The van der Waals surface area contributed by atoms with Crippen LogP contribution in [0.2, 0.25) is 0 Å². The Morgan fingerprint density at radius 3 is 2.79 bits per heavy atom. The van der Waals surface area contributed by atoms with Gasteiger partial charge in [-0.1, -0.05) is 11.3 Å². The van der Waals surface area contributed by atoms with Gasteiger partial charge in [-0.2, -0.15) is 5.10 Å². The van der Waals surface area contributed by atoms with E-state index in [-0.39, 0.29) is 12.0 Å². The van der Waals surface area contributed by atoms with E-state index in [2.05, 4.69) is 5.10 Å². The normalized spacial score (nSPS) is 16.3. The summed E-state index contributed by atoms with van der Waals surface area (Å²) in [5.74, 6) is 1.20. The van der Waals surface area contributed by atoms with Crippen LogP contribution in [0, 0.1) is 0 Å². The SMILES string of the molecule is CCn1nccc1C(=O)N(CC1CCCO1)c1nc2c(OC)ccc(OC)c2s1. The van der Waals surface area contributed by atoms with E-state index in [1.54, 1.807) is 36.1 Å². The van der Waals surface area contributed by atoms with Crippen molar-refractivity contribution in [3.05, 3.63) is 30.1 Å². The van der Waals surface area contributed by atoms with Crippen molar-refractivity contribution in [2.75, 3.05) is 32.3 Å². The summed E-state index contributed by atoms with van der Waals surface area (Å²) in [5.41, 5.74) is 1.21. The molecular weight excluding hydrogens is 392 g/mol. The molecule has 1 fully saturated rings. The maximum absolute atomic E-state index is 13.5. The molecule has 0 saturated carbocycles. The van der Waals surface area contributed by atoms with Gasteiger partial charge in [-0.05, 0) is 38.0 Å². The maximum atomic E-state index is 13.5. The fourth-order valence-electron chi connectivity index (χ4n) is 3.53. The highest BCUT2D eigenvalue weighted by molar-refractivity contribution is 7.22. The molecule has 1 aliphatic rings. The Morgan fingerprint density at radius 2 is 2.10 bits per heavy atom. The van der Waals surface area contributed by atoms with Crippen LogP contribution in [-0.2, 0) is 11.3 Å². The molecule has 0 spiro atoms. The molecule has 154 valence electrons. The smallest absolute Gasteiger partial charge is 0.278 e. The molecule has 8 nitrogen and oxygen atoms in total. The largest absolute Gasteiger partial charge is 0.495 e. The van der Waals surface area contributed by atoms with Gasteiger partial charge in [0.05, 0.1) is 26.9 Å². The lowest BCUT2D eigenvalue weighted by Gasteiger charge is -2.23. The van der Waals surface area contributed by atoms with E-state index in [9.17, 15) is 4.79 Å². The van der Waals surface area contributed by atoms with Crippen LogP contribution in [0.1, 0.15) is 30.3 Å². The number of nitrogens with zero attached hydrogens (tertiary/aromatic N) is 4. The summed E-state index contributed by atoms with van der Waals surface area (Å²) in [6, 6.07) is 5.41. The Bertz CT molecular complexity index is 968. The average molecular weight is 417 g/mol. The number of hydrogen-bond donors (Lipinski definition) is 0. The van der Waals surface area contributed by atoms with Crippen molar-refractivity contribution in [1.29, 1.82) is 0 Å². The highest BCUT2D eigenvalue weighted by Crippen LogP contribution is 2.40. The van der Waals surface area contributed by atoms with Crippen molar-refractivity contribution >= 4 is 32.6 Å². The summed E-state index contributed by atoms with van der Waals surface area (Å²) in [6.45, 7) is 3.74. The average Bonchev–Trinajstić information content (AvgIpc) is 3.50. The van der Waals surface area contributed by atoms with Crippen LogP contribution in [-0.4, -0.2) is 54.1 Å². The van der Waals surface area contributed by atoms with Crippen LogP contribution in [0.25, 0.3) is 10.2 Å². The zero-order chi connectivity index (χ0) is 20.4. The minimum Gasteiger partial charge on any atom is -0.495 e. The predicted octanol–water partition coefficient (Wildman–Crippen LogP) is 3.36. The summed E-state index contributed by atoms with van der Waals surface area (Å²) in [7, 11) is 3.23. The number of carbonyl (C=O) groups is 1. The minimum atomic E-state index is -0.142. The zero-order valence-electron chi connectivity index (χ0n) is 16.8. The molecule has 29 heavy (non-hydrogen) atoms. The zero-order valence-corrected chi connectivity index (χ0v) is 17.6. The van der Waals surface area contributed by atoms with Gasteiger partial charge in [0.25, 0.3) is 5.91 Å². The number of aryl methyl sites for hydroxylation is 1. The van der Waals surface area contributed by atoms with Crippen LogP contribution >= 0.6 is 11.3 Å². The van der Waals surface area contributed by atoms with Gasteiger partial charge in [-0.3, -0.25) is 14.4 Å². The monoisotopic (exact) mass is 416 g/mol. The molecule has 1 aliphatic heterocycles. The first-order chi connectivity index (χ1) is 14.2. The summed E-state index contributed by atoms with van der Waals surface area (Å²) in [4.78, 5) is 19.9. The topological polar surface area (TPSA) is 78.7 Å². The van der Waals surface area contributed by atoms with Crippen LogP contribution in [0.15, 0.2) is 24.4 Å². The lowest BCUT2D eigenvalue weighted by atomic mass is 10.2. The fraction of sp³-hybridized carbons (Fsp3) is 0.450. The second-order valence-corrected chi connectivity index (χ2v) is 7.70. The van der Waals surface area contributed by atoms with Gasteiger partial charge in [0.1, 0.15) is 27.4 Å². The van der Waals surface area contributed by atoms with Crippen LogP contribution < -0.4 is 14.4 Å². The molecule has 0 aliphatic carbocycles. The molecule has 3 aromatic rings. The fourth-order valence-corrected chi connectivity index (χ4v) is 4.62. The first kappa shape index (κ1) is 19.7. The molecule has 3 heterocycles. The van der Waals surface area contributed by atoms with Gasteiger partial charge in [0, 0.05) is 19.3 Å². The van der Waals surface area contributed by atoms with E-state index < -0.39 is 0 Å². The van der Waals surface area contributed by atoms with Crippen molar-refractivity contribution in [2.45, 2.75) is 32.4 Å². The number of fused-ring (bicyclic) bond motifs is 1. The van der Waals surface area contributed by atoms with Crippen molar-refractivity contribution in [2.24, 2.45) is 0 Å². The Labute approximate surface area is 173 Å². The van der Waals surface area contributed by atoms with E-state index in [4.69, 9.17) is 19.2 Å². The van der Waals surface area contributed by atoms with E-state index in [0.717, 1.165) is 24.1 Å². The third-order valence-corrected chi connectivity index (χ3v) is 6.11. The Hall–Kier alpha value is -2.65. The van der Waals surface area contributed by atoms with Gasteiger partial charge in [0.15, 0.2) is 5.13 Å². The number of ether oxygens (including phenoxy) is 3. The molecule has 1 amide bonds. The summed E-state index contributed by atoms with van der Waals surface area (Å²) >= 11 is 1.41. The lowest BCUT2D eigenvalue weighted by molar-refractivity contribution is 0.0908. The summed E-state index contributed by atoms with van der Waals surface area (Å²) < 4.78 is 19.3. The number of methoxy groups -OCH3 is 2. The molecule has 1 aromatic carbocycles. The highest BCUT2D eigenvalue weighted by atomic mass is 32.1. The van der Waals surface area contributed by atoms with Gasteiger partial charge >= 0.3 is 0 Å². The van der Waals surface area contributed by atoms with Crippen LogP contribution in [0.3, 0.4) is 0 Å². The molecular formula is C20H24N4O4S. The number of benzene rings is 1. The van der Waals surface area contributed by atoms with Gasteiger partial charge in [-0.25, -0.2) is 4.98 Å². The molecule has 1 saturated heterocycles. The minimum absolute atomic E-state index is 0.00671. The number of carbonyl (C=O) groups excluding carboxylic acids is 1. The van der Waals surface area contributed by atoms with E-state index >= 15 is 0 Å². The van der Waals surface area contributed by atoms with Gasteiger partial charge in [0.2, 0.25) is 0 Å². The van der Waals surface area contributed by atoms with Crippen molar-refractivity contribution < 1.29 is 19.0 Å². The standard InChI is InChI=1S/C20H24N4O4S/c1-4-24-14(9-10-21-24)19(25)23(12-13-6-5-11-28-13)20-22-17-15(26-2)7-8-16(27-3)18(17)29-20/h7-10,13H,4-6,11-12H2,1-3H3. The molecule has 0 N–H and O–H groups in total. The first-order valence-electron chi connectivity index (χ1n) is 9.63. The number of rotatable bonds is 7. The molecule has 9 heteroatoms. The number of aromatic nitrogens is 3. The van der Waals surface area contributed by atoms with Crippen LogP contribution in [0.5, 0.6) is 11.5 Å². The van der Waals surface area contributed by atoms with Crippen molar-refractivity contribution in [3.8, 4) is 11.5 Å². The van der Waals surface area contributed by atoms with Crippen LogP contribution in [0.4, 0.5) is 5.13 Å². The molecule has 4 rings (SSSR count). The summed E-state index contributed by atoms with van der Waals surface area (Å²) in [6.07, 6.45) is 3.56. The molecule has 1 unspecified atom stereocenters. The Kier molecular flexibility index (Phi) is 5.68. The number of anilines is 1. The summed E-state index contributed by atoms with van der Waals surface area (Å²) in [5, 5.41) is 4.83. The van der Waals surface area contributed by atoms with E-state index in [0.29, 0.717) is 40.9 Å². The maximum Gasteiger partial charge on any atom is 0.278 e. The molecule has 0 bridgehead atoms. The van der Waals surface area contributed by atoms with E-state index in [1.165, 1.54) is 11.3 Å². The number of thiazole rings is 1. The second-order valence-electron chi connectivity index (χ2n) is 6.73. The first-order valence-corrected chi connectivity index (χ1v) is 10.4. The third kappa shape index (κ3) is 3.67. The van der Waals surface area contributed by atoms with Gasteiger partial charge in [-0.15, -0.1) is 0 Å². The Balaban J connectivity index is 1.79. The molecule has 2 aromatic heterocycles. The van der Waals surface area contributed by atoms with Crippen molar-refractivity contribution in [1.82, 2.24) is 14.8 Å². The number of amides is 1. The lowest BCUT2D eigenvalue weighted by Crippen LogP contribution is -2.38. The highest BCUT2D eigenvalue weighted by Gasteiger charge is 2.29. The second kappa shape index (κ2) is 8.38. The van der Waals surface area contributed by atoms with Gasteiger partial charge < -0.3 is 14.2 Å². The van der Waals surface area contributed by atoms with Crippen molar-refractivity contribution in [3.63, 3.8) is 0 Å². The molecule has 1 atom stereocenters. The Morgan fingerprint density at radius 1 is 1.31 bits per heavy atom. The molecule has 0 radical (unpaired) electrons. The quantitative estimate of drug-likeness (QED) is 0.588. The predicted molar refractivity (Wildman–Crippen MR) is 111 cm³/mol.